The molecular weight excluding hydrogens is 242 g/mol. The number of thioether (sulfide) groups is 1. The number of hydrogen-bond donors (Lipinski definition) is 2. The largest absolute Gasteiger partial charge is 0.508 e. The maximum Gasteiger partial charge on any atom is 0.115 e. The van der Waals surface area contributed by atoms with Crippen LogP contribution in [-0.2, 0) is 0 Å². The molecule has 0 fully saturated rings. The minimum Gasteiger partial charge on any atom is -0.508 e. The number of aromatic hydroxyl groups is 1. The molecule has 2 nitrogen and oxygen atoms in total. The SMILES string of the molecule is CCSCCC(C)NC(CC)c1ccc(O)cc1. The Morgan fingerprint density at radius 3 is 2.44 bits per heavy atom. The molecule has 2 atom stereocenters. The fourth-order valence-electron chi connectivity index (χ4n) is 1.99. The van der Waals surface area contributed by atoms with Crippen molar-refractivity contribution in [1.29, 1.82) is 0 Å². The average Bonchev–Trinajstić information content (AvgIpc) is 2.37. The molecule has 0 aliphatic rings. The van der Waals surface area contributed by atoms with Gasteiger partial charge in [-0.15, -0.1) is 0 Å². The van der Waals surface area contributed by atoms with Crippen molar-refractivity contribution in [2.24, 2.45) is 0 Å². The van der Waals surface area contributed by atoms with Crippen molar-refractivity contribution in [3.8, 4) is 5.75 Å². The Kier molecular flexibility index (Phi) is 7.21. The highest BCUT2D eigenvalue weighted by atomic mass is 32.2. The van der Waals surface area contributed by atoms with E-state index in [-0.39, 0.29) is 0 Å². The Labute approximate surface area is 115 Å². The molecule has 0 spiro atoms. The zero-order chi connectivity index (χ0) is 13.4. The monoisotopic (exact) mass is 267 g/mol. The third-order valence-corrected chi connectivity index (χ3v) is 4.02. The fourth-order valence-corrected chi connectivity index (χ4v) is 2.80. The summed E-state index contributed by atoms with van der Waals surface area (Å²) < 4.78 is 0. The maximum atomic E-state index is 9.31. The molecule has 0 amide bonds. The molecule has 3 heteroatoms. The molecule has 1 rings (SSSR count). The Bertz CT molecular complexity index is 326. The Hall–Kier alpha value is -0.670. The van der Waals surface area contributed by atoms with Crippen molar-refractivity contribution in [2.75, 3.05) is 11.5 Å². The van der Waals surface area contributed by atoms with Gasteiger partial charge in [-0.2, -0.15) is 11.8 Å². The van der Waals surface area contributed by atoms with Crippen molar-refractivity contribution in [3.63, 3.8) is 0 Å². The molecule has 1 aromatic carbocycles. The summed E-state index contributed by atoms with van der Waals surface area (Å²) in [5, 5.41) is 13.0. The molecule has 0 aromatic heterocycles. The lowest BCUT2D eigenvalue weighted by molar-refractivity contribution is 0.437. The third-order valence-electron chi connectivity index (χ3n) is 3.09. The molecule has 2 unspecified atom stereocenters. The topological polar surface area (TPSA) is 32.3 Å². The van der Waals surface area contributed by atoms with Crippen LogP contribution >= 0.6 is 11.8 Å². The van der Waals surface area contributed by atoms with Gasteiger partial charge in [0.15, 0.2) is 0 Å². The first-order valence-electron chi connectivity index (χ1n) is 6.80. The van der Waals surface area contributed by atoms with Crippen LogP contribution in [0.1, 0.15) is 45.2 Å². The summed E-state index contributed by atoms with van der Waals surface area (Å²) in [7, 11) is 0. The van der Waals surface area contributed by atoms with E-state index in [1.807, 2.05) is 23.9 Å². The smallest absolute Gasteiger partial charge is 0.115 e. The lowest BCUT2D eigenvalue weighted by atomic mass is 10.0. The van der Waals surface area contributed by atoms with E-state index in [4.69, 9.17) is 0 Å². The molecule has 0 saturated heterocycles. The van der Waals surface area contributed by atoms with E-state index in [2.05, 4.69) is 26.1 Å². The zero-order valence-corrected chi connectivity index (χ0v) is 12.5. The fraction of sp³-hybridized carbons (Fsp3) is 0.600. The highest BCUT2D eigenvalue weighted by molar-refractivity contribution is 7.99. The summed E-state index contributed by atoms with van der Waals surface area (Å²) in [5.41, 5.74) is 1.25. The minimum absolute atomic E-state index is 0.334. The van der Waals surface area contributed by atoms with Crippen LogP contribution in [-0.4, -0.2) is 22.7 Å². The highest BCUT2D eigenvalue weighted by Crippen LogP contribution is 2.20. The average molecular weight is 267 g/mol. The quantitative estimate of drug-likeness (QED) is 0.699. The van der Waals surface area contributed by atoms with Crippen LogP contribution in [0.25, 0.3) is 0 Å². The van der Waals surface area contributed by atoms with E-state index >= 15 is 0 Å². The predicted octanol–water partition coefficient (Wildman–Crippen LogP) is 3.96. The van der Waals surface area contributed by atoms with E-state index in [0.717, 1.165) is 6.42 Å². The number of hydrogen-bond acceptors (Lipinski definition) is 3. The lowest BCUT2D eigenvalue weighted by Crippen LogP contribution is -2.30. The van der Waals surface area contributed by atoms with Crippen LogP contribution in [0.15, 0.2) is 24.3 Å². The van der Waals surface area contributed by atoms with Crippen LogP contribution in [0, 0.1) is 0 Å². The van der Waals surface area contributed by atoms with E-state index in [0.29, 0.717) is 17.8 Å². The summed E-state index contributed by atoms with van der Waals surface area (Å²) >= 11 is 2.00. The van der Waals surface area contributed by atoms with Crippen molar-refractivity contribution < 1.29 is 5.11 Å². The van der Waals surface area contributed by atoms with Gasteiger partial charge in [-0.3, -0.25) is 0 Å². The number of rotatable bonds is 8. The van der Waals surface area contributed by atoms with Crippen molar-refractivity contribution in [2.45, 2.75) is 45.7 Å². The van der Waals surface area contributed by atoms with Gasteiger partial charge in [0, 0.05) is 12.1 Å². The van der Waals surface area contributed by atoms with Gasteiger partial charge in [0.2, 0.25) is 0 Å². The second-order valence-electron chi connectivity index (χ2n) is 4.61. The van der Waals surface area contributed by atoms with Gasteiger partial charge in [-0.25, -0.2) is 0 Å². The third kappa shape index (κ3) is 5.32. The van der Waals surface area contributed by atoms with Gasteiger partial charge in [-0.05, 0) is 49.0 Å². The summed E-state index contributed by atoms with van der Waals surface area (Å²) in [6, 6.07) is 8.44. The second-order valence-corrected chi connectivity index (χ2v) is 6.00. The Morgan fingerprint density at radius 1 is 1.22 bits per heavy atom. The summed E-state index contributed by atoms with van der Waals surface area (Å²) in [5.74, 6) is 2.75. The van der Waals surface area contributed by atoms with Crippen LogP contribution in [0.2, 0.25) is 0 Å². The molecule has 0 aliphatic heterocycles. The van der Waals surface area contributed by atoms with Gasteiger partial charge in [-0.1, -0.05) is 26.0 Å². The standard InChI is InChI=1S/C15H25NOS/c1-4-15(13-6-8-14(17)9-7-13)16-12(3)10-11-18-5-2/h6-9,12,15-17H,4-5,10-11H2,1-3H3. The summed E-state index contributed by atoms with van der Waals surface area (Å²) in [6.45, 7) is 6.64. The highest BCUT2D eigenvalue weighted by Gasteiger charge is 2.12. The number of benzene rings is 1. The van der Waals surface area contributed by atoms with Crippen LogP contribution in [0.4, 0.5) is 0 Å². The molecule has 18 heavy (non-hydrogen) atoms. The molecule has 2 N–H and O–H groups in total. The normalized spacial score (nSPS) is 14.4. The zero-order valence-electron chi connectivity index (χ0n) is 11.6. The first-order chi connectivity index (χ1) is 8.67. The molecule has 1 aromatic rings. The van der Waals surface area contributed by atoms with E-state index < -0.39 is 0 Å². The summed E-state index contributed by atoms with van der Waals surface area (Å²) in [6.07, 6.45) is 2.27. The first kappa shape index (κ1) is 15.4. The first-order valence-corrected chi connectivity index (χ1v) is 7.95. The lowest BCUT2D eigenvalue weighted by Gasteiger charge is -2.22. The van der Waals surface area contributed by atoms with Gasteiger partial charge < -0.3 is 10.4 Å². The Balaban J connectivity index is 2.48. The molecule has 102 valence electrons. The molecule has 0 heterocycles. The van der Waals surface area contributed by atoms with Crippen LogP contribution in [0.3, 0.4) is 0 Å². The maximum absolute atomic E-state index is 9.31. The van der Waals surface area contributed by atoms with Crippen molar-refractivity contribution in [3.05, 3.63) is 29.8 Å². The van der Waals surface area contributed by atoms with Gasteiger partial charge >= 0.3 is 0 Å². The van der Waals surface area contributed by atoms with E-state index in [1.165, 1.54) is 23.5 Å². The Morgan fingerprint density at radius 2 is 1.89 bits per heavy atom. The van der Waals surface area contributed by atoms with Crippen molar-refractivity contribution >= 4 is 11.8 Å². The second kappa shape index (κ2) is 8.44. The van der Waals surface area contributed by atoms with Gasteiger partial charge in [0.05, 0.1) is 0 Å². The van der Waals surface area contributed by atoms with E-state index in [1.54, 1.807) is 12.1 Å². The molecule has 0 bridgehead atoms. The molecule has 0 aliphatic carbocycles. The minimum atomic E-state index is 0.334. The van der Waals surface area contributed by atoms with Crippen LogP contribution in [0.5, 0.6) is 5.75 Å². The van der Waals surface area contributed by atoms with Gasteiger partial charge in [0.25, 0.3) is 0 Å². The van der Waals surface area contributed by atoms with E-state index in [9.17, 15) is 5.11 Å². The van der Waals surface area contributed by atoms with Gasteiger partial charge in [0.1, 0.15) is 5.75 Å². The molecular formula is C15H25NOS. The summed E-state index contributed by atoms with van der Waals surface area (Å²) in [4.78, 5) is 0. The molecule has 0 radical (unpaired) electrons. The molecule has 0 saturated carbocycles. The number of nitrogens with one attached hydrogen (secondary N) is 1. The predicted molar refractivity (Wildman–Crippen MR) is 81.4 cm³/mol. The van der Waals surface area contributed by atoms with Crippen LogP contribution < -0.4 is 5.32 Å². The number of phenols is 1. The van der Waals surface area contributed by atoms with Crippen molar-refractivity contribution in [1.82, 2.24) is 5.32 Å². The number of phenolic OH excluding ortho intramolecular Hbond substituents is 1.